The molecule has 0 saturated carbocycles. The molecule has 2 nitrogen and oxygen atoms in total. The Bertz CT molecular complexity index is 613. The molecule has 1 heterocycles. The molecule has 1 aliphatic heterocycles. The van der Waals surface area contributed by atoms with Gasteiger partial charge in [-0.1, -0.05) is 6.92 Å². The number of hydrogen-bond acceptors (Lipinski definition) is 1. The predicted octanol–water partition coefficient (Wildman–Crippen LogP) is 5.52. The van der Waals surface area contributed by atoms with E-state index in [1.807, 2.05) is 0 Å². The average molecular weight is 459 g/mol. The Morgan fingerprint density at radius 3 is 1.62 bits per heavy atom. The minimum absolute atomic E-state index is 0.00747. The number of halogens is 13. The molecule has 0 spiro atoms. The molecule has 0 radical (unpaired) electrons. The molecule has 172 valence electrons. The van der Waals surface area contributed by atoms with Gasteiger partial charge in [-0.05, 0) is 25.7 Å². The highest BCUT2D eigenvalue weighted by atomic mass is 19.4. The molecule has 0 aromatic carbocycles. The summed E-state index contributed by atoms with van der Waals surface area (Å²) in [5.74, 6) is -41.1. The summed E-state index contributed by atoms with van der Waals surface area (Å²) >= 11 is 0. The molecule has 15 heteroatoms. The van der Waals surface area contributed by atoms with Crippen molar-refractivity contribution in [1.82, 2.24) is 4.90 Å². The third-order valence-corrected chi connectivity index (χ3v) is 4.56. The van der Waals surface area contributed by atoms with Gasteiger partial charge in [-0.15, -0.1) is 0 Å². The number of rotatable bonds is 6. The molecule has 29 heavy (non-hydrogen) atoms. The fourth-order valence-corrected chi connectivity index (χ4v) is 2.78. The third-order valence-electron chi connectivity index (χ3n) is 4.56. The number of alkyl halides is 13. The van der Waals surface area contributed by atoms with E-state index in [2.05, 4.69) is 0 Å². The third kappa shape index (κ3) is 3.62. The molecule has 0 bridgehead atoms. The van der Waals surface area contributed by atoms with Crippen molar-refractivity contribution in [3.05, 3.63) is 0 Å². The van der Waals surface area contributed by atoms with E-state index in [0.717, 1.165) is 0 Å². The van der Waals surface area contributed by atoms with Crippen molar-refractivity contribution in [3.8, 4) is 0 Å². The zero-order valence-electron chi connectivity index (χ0n) is 14.4. The van der Waals surface area contributed by atoms with E-state index < -0.39 is 54.3 Å². The Balaban J connectivity index is 3.44. The quantitative estimate of drug-likeness (QED) is 0.480. The van der Waals surface area contributed by atoms with E-state index in [9.17, 15) is 61.9 Å². The summed E-state index contributed by atoms with van der Waals surface area (Å²) in [4.78, 5) is 11.8. The minimum atomic E-state index is -8.00. The summed E-state index contributed by atoms with van der Waals surface area (Å²) in [6, 6.07) is -1.16. The molecule has 1 atom stereocenters. The van der Waals surface area contributed by atoms with Gasteiger partial charge in [0.1, 0.15) is 0 Å². The van der Waals surface area contributed by atoms with Crippen LogP contribution in [0.4, 0.5) is 57.1 Å². The Hall–Kier alpha value is -1.44. The zero-order chi connectivity index (χ0) is 23.3. The monoisotopic (exact) mass is 459 g/mol. The number of nitrogens with zero attached hydrogens (tertiary/aromatic N) is 1. The first kappa shape index (κ1) is 25.6. The molecule has 1 rings (SSSR count). The van der Waals surface area contributed by atoms with Crippen molar-refractivity contribution in [1.29, 1.82) is 0 Å². The number of carbonyl (C=O) groups excluding carboxylic acids is 1. The molecule has 1 unspecified atom stereocenters. The lowest BCUT2D eigenvalue weighted by Crippen LogP contribution is -2.72. The Morgan fingerprint density at radius 1 is 0.759 bits per heavy atom. The highest BCUT2D eigenvalue weighted by Crippen LogP contribution is 2.60. The molecule has 0 N–H and O–H groups in total. The topological polar surface area (TPSA) is 20.3 Å². The van der Waals surface area contributed by atoms with Crippen molar-refractivity contribution in [2.24, 2.45) is 0 Å². The van der Waals surface area contributed by atoms with Crippen LogP contribution in [0.2, 0.25) is 0 Å². The van der Waals surface area contributed by atoms with Crippen molar-refractivity contribution in [3.63, 3.8) is 0 Å². The SMILES string of the molecule is CCC1CCCCN1C(=O)C(F)(F)C(F)(F)C(F)(F)C(F)(F)C(F)(F)C(F)(F)F. The summed E-state index contributed by atoms with van der Waals surface area (Å²) in [6.45, 7) is 0.656. The molecular weight excluding hydrogens is 445 g/mol. The standard InChI is InChI=1S/C14H14F13NO/c1-2-7-5-3-4-6-28(7)8(29)9(15,16)10(17,18)11(19,20)12(21,22)13(23,24)14(25,26)27/h7H,2-6H2,1H3. The van der Waals surface area contributed by atoms with Crippen LogP contribution >= 0.6 is 0 Å². The summed E-state index contributed by atoms with van der Waals surface area (Å²) in [6.07, 6.45) is -7.33. The van der Waals surface area contributed by atoms with Crippen LogP contribution < -0.4 is 0 Å². The first-order valence-corrected chi connectivity index (χ1v) is 7.98. The minimum Gasteiger partial charge on any atom is -0.334 e. The largest absolute Gasteiger partial charge is 0.460 e. The molecule has 1 amide bonds. The van der Waals surface area contributed by atoms with E-state index in [0.29, 0.717) is 6.42 Å². The van der Waals surface area contributed by atoms with Gasteiger partial charge in [-0.2, -0.15) is 57.1 Å². The smallest absolute Gasteiger partial charge is 0.334 e. The lowest BCUT2D eigenvalue weighted by atomic mass is 9.92. The molecular formula is C14H14F13NO. The number of hydrogen-bond donors (Lipinski definition) is 0. The maximum absolute atomic E-state index is 13.9. The van der Waals surface area contributed by atoms with Crippen molar-refractivity contribution in [2.75, 3.05) is 6.54 Å². The van der Waals surface area contributed by atoms with Crippen molar-refractivity contribution >= 4 is 5.91 Å². The lowest BCUT2D eigenvalue weighted by Gasteiger charge is -2.42. The average Bonchev–Trinajstić information content (AvgIpc) is 2.59. The molecule has 0 aliphatic carbocycles. The zero-order valence-corrected chi connectivity index (χ0v) is 14.4. The molecule has 1 fully saturated rings. The van der Waals surface area contributed by atoms with Crippen LogP contribution in [0.3, 0.4) is 0 Å². The van der Waals surface area contributed by atoms with Gasteiger partial charge in [-0.25, -0.2) is 0 Å². The van der Waals surface area contributed by atoms with Crippen LogP contribution in [0.5, 0.6) is 0 Å². The van der Waals surface area contributed by atoms with Gasteiger partial charge in [0.2, 0.25) is 0 Å². The highest BCUT2D eigenvalue weighted by molar-refractivity contribution is 5.85. The lowest BCUT2D eigenvalue weighted by molar-refractivity contribution is -0.436. The van der Waals surface area contributed by atoms with Crippen LogP contribution in [-0.4, -0.2) is 59.2 Å². The fraction of sp³-hybridized carbons (Fsp3) is 0.929. The van der Waals surface area contributed by atoms with E-state index in [-0.39, 0.29) is 24.2 Å². The molecule has 0 aromatic rings. The highest BCUT2D eigenvalue weighted by Gasteiger charge is 2.91. The second-order valence-electron chi connectivity index (χ2n) is 6.43. The van der Waals surface area contributed by atoms with Gasteiger partial charge in [0.25, 0.3) is 5.91 Å². The van der Waals surface area contributed by atoms with E-state index >= 15 is 0 Å². The summed E-state index contributed by atoms with van der Waals surface area (Å²) in [7, 11) is 0. The van der Waals surface area contributed by atoms with E-state index in [4.69, 9.17) is 0 Å². The first-order chi connectivity index (χ1) is 12.7. The Morgan fingerprint density at radius 2 is 1.21 bits per heavy atom. The normalized spacial score (nSPS) is 20.8. The first-order valence-electron chi connectivity index (χ1n) is 7.98. The van der Waals surface area contributed by atoms with Gasteiger partial charge < -0.3 is 4.90 Å². The van der Waals surface area contributed by atoms with E-state index in [1.165, 1.54) is 6.92 Å². The maximum atomic E-state index is 13.9. The summed E-state index contributed by atoms with van der Waals surface area (Å²) in [5, 5.41) is 0. The van der Waals surface area contributed by atoms with Crippen LogP contribution in [0.25, 0.3) is 0 Å². The van der Waals surface area contributed by atoms with Crippen LogP contribution in [0, 0.1) is 0 Å². The van der Waals surface area contributed by atoms with Crippen LogP contribution in [0.1, 0.15) is 32.6 Å². The van der Waals surface area contributed by atoms with Crippen LogP contribution in [-0.2, 0) is 4.79 Å². The number of likely N-dealkylation sites (tertiary alicyclic amines) is 1. The van der Waals surface area contributed by atoms with Gasteiger partial charge in [0.15, 0.2) is 0 Å². The van der Waals surface area contributed by atoms with Gasteiger partial charge in [0.05, 0.1) is 0 Å². The fourth-order valence-electron chi connectivity index (χ4n) is 2.78. The van der Waals surface area contributed by atoms with Gasteiger partial charge in [-0.3, -0.25) is 4.79 Å². The summed E-state index contributed by atoms with van der Waals surface area (Å²) < 4.78 is 170. The number of amides is 1. The predicted molar refractivity (Wildman–Crippen MR) is 70.4 cm³/mol. The Kier molecular flexibility index (Phi) is 6.49. The summed E-state index contributed by atoms with van der Waals surface area (Å²) in [5.41, 5.74) is 0. The Labute approximate surface area is 155 Å². The van der Waals surface area contributed by atoms with Crippen LogP contribution in [0.15, 0.2) is 0 Å². The van der Waals surface area contributed by atoms with Crippen molar-refractivity contribution < 1.29 is 61.9 Å². The molecule has 1 aliphatic rings. The second kappa shape index (κ2) is 7.36. The second-order valence-corrected chi connectivity index (χ2v) is 6.43. The number of carbonyl (C=O) groups is 1. The van der Waals surface area contributed by atoms with Gasteiger partial charge in [0, 0.05) is 12.6 Å². The maximum Gasteiger partial charge on any atom is 0.460 e. The van der Waals surface area contributed by atoms with E-state index in [1.54, 1.807) is 0 Å². The number of piperidine rings is 1. The molecule has 0 aromatic heterocycles. The van der Waals surface area contributed by atoms with Crippen molar-refractivity contribution in [2.45, 2.75) is 74.4 Å². The van der Waals surface area contributed by atoms with Gasteiger partial charge >= 0.3 is 35.8 Å². The molecule has 1 saturated heterocycles.